The van der Waals surface area contributed by atoms with E-state index >= 15 is 0 Å². The summed E-state index contributed by atoms with van der Waals surface area (Å²) in [6.07, 6.45) is 0. The molecule has 5 heteroatoms. The van der Waals surface area contributed by atoms with E-state index in [4.69, 9.17) is 9.47 Å². The number of amides is 1. The molecular weight excluding hydrogens is 382 g/mol. The molecule has 1 atom stereocenters. The van der Waals surface area contributed by atoms with Gasteiger partial charge in [-0.15, -0.1) is 11.8 Å². The maximum atomic E-state index is 12.8. The van der Waals surface area contributed by atoms with E-state index in [1.807, 2.05) is 60.7 Å². The van der Waals surface area contributed by atoms with Crippen LogP contribution in [0.25, 0.3) is 0 Å². The molecular formula is C24H25NO3S. The summed E-state index contributed by atoms with van der Waals surface area (Å²) in [4.78, 5) is 13.7. The summed E-state index contributed by atoms with van der Waals surface area (Å²) in [5.41, 5.74) is 3.31. The fraction of sp³-hybridized carbons (Fsp3) is 0.208. The van der Waals surface area contributed by atoms with Crippen molar-refractivity contribution >= 4 is 17.7 Å². The molecule has 0 heterocycles. The van der Waals surface area contributed by atoms with Crippen LogP contribution in [0.4, 0.5) is 0 Å². The molecule has 0 fully saturated rings. The lowest BCUT2D eigenvalue weighted by atomic mass is 9.95. The SMILES string of the molecule is COc1ccc(SCC(=O)N[C@@H](c2ccccc2)c2ccccc2C)cc1OC. The van der Waals surface area contributed by atoms with Crippen molar-refractivity contribution in [2.24, 2.45) is 0 Å². The fourth-order valence-electron chi connectivity index (χ4n) is 3.15. The van der Waals surface area contributed by atoms with Crippen molar-refractivity contribution in [3.05, 3.63) is 89.5 Å². The number of methoxy groups -OCH3 is 2. The smallest absolute Gasteiger partial charge is 0.231 e. The van der Waals surface area contributed by atoms with Crippen LogP contribution in [0, 0.1) is 6.92 Å². The van der Waals surface area contributed by atoms with Gasteiger partial charge in [0.25, 0.3) is 0 Å². The third-order valence-corrected chi connectivity index (χ3v) is 5.66. The summed E-state index contributed by atoms with van der Waals surface area (Å²) >= 11 is 1.47. The maximum absolute atomic E-state index is 12.8. The van der Waals surface area contributed by atoms with Crippen LogP contribution >= 0.6 is 11.8 Å². The Hall–Kier alpha value is -2.92. The highest BCUT2D eigenvalue weighted by atomic mass is 32.2. The molecule has 0 saturated heterocycles. The van der Waals surface area contributed by atoms with Gasteiger partial charge in [0.05, 0.1) is 26.0 Å². The highest BCUT2D eigenvalue weighted by Crippen LogP contribution is 2.32. The van der Waals surface area contributed by atoms with Crippen molar-refractivity contribution in [2.75, 3.05) is 20.0 Å². The van der Waals surface area contributed by atoms with Crippen LogP contribution in [0.5, 0.6) is 11.5 Å². The van der Waals surface area contributed by atoms with Gasteiger partial charge in [-0.05, 0) is 41.8 Å². The summed E-state index contributed by atoms with van der Waals surface area (Å²) in [6.45, 7) is 2.07. The van der Waals surface area contributed by atoms with Crippen LogP contribution in [0.1, 0.15) is 22.7 Å². The fourth-order valence-corrected chi connectivity index (χ4v) is 3.89. The average molecular weight is 408 g/mol. The molecule has 0 radical (unpaired) electrons. The molecule has 0 bridgehead atoms. The van der Waals surface area contributed by atoms with Crippen LogP contribution in [0.15, 0.2) is 77.7 Å². The van der Waals surface area contributed by atoms with E-state index in [0.717, 1.165) is 21.6 Å². The summed E-state index contributed by atoms with van der Waals surface area (Å²) in [6, 6.07) is 23.7. The number of carbonyl (C=O) groups is 1. The third-order valence-electron chi connectivity index (χ3n) is 4.66. The summed E-state index contributed by atoms with van der Waals surface area (Å²) in [5.74, 6) is 1.61. The van der Waals surface area contributed by atoms with Gasteiger partial charge in [-0.3, -0.25) is 4.79 Å². The van der Waals surface area contributed by atoms with Crippen LogP contribution in [0.3, 0.4) is 0 Å². The third kappa shape index (κ3) is 5.33. The Labute approximate surface area is 176 Å². The standard InChI is InChI=1S/C24H25NO3S/c1-17-9-7-8-12-20(17)24(18-10-5-4-6-11-18)25-23(26)16-29-19-13-14-21(27-2)22(15-19)28-3/h4-15,24H,16H2,1-3H3,(H,25,26)/t24-/m0/s1. The zero-order valence-electron chi connectivity index (χ0n) is 16.8. The monoisotopic (exact) mass is 407 g/mol. The second kappa shape index (κ2) is 10.0. The number of benzene rings is 3. The first kappa shape index (κ1) is 20.8. The van der Waals surface area contributed by atoms with E-state index in [1.54, 1.807) is 14.2 Å². The van der Waals surface area contributed by atoms with Crippen LogP contribution in [-0.2, 0) is 4.79 Å². The van der Waals surface area contributed by atoms with Gasteiger partial charge in [0, 0.05) is 4.90 Å². The number of carbonyl (C=O) groups excluding carboxylic acids is 1. The molecule has 150 valence electrons. The normalized spacial score (nSPS) is 11.6. The quantitative estimate of drug-likeness (QED) is 0.533. The van der Waals surface area contributed by atoms with Crippen LogP contribution in [-0.4, -0.2) is 25.9 Å². The number of hydrogen-bond donors (Lipinski definition) is 1. The lowest BCUT2D eigenvalue weighted by Gasteiger charge is -2.21. The Morgan fingerprint density at radius 3 is 2.31 bits per heavy atom. The largest absolute Gasteiger partial charge is 0.493 e. The van der Waals surface area contributed by atoms with Crippen molar-refractivity contribution in [3.63, 3.8) is 0 Å². The molecule has 0 aliphatic carbocycles. The van der Waals surface area contributed by atoms with Crippen molar-refractivity contribution in [1.29, 1.82) is 0 Å². The minimum Gasteiger partial charge on any atom is -0.493 e. The van der Waals surface area contributed by atoms with Crippen molar-refractivity contribution in [3.8, 4) is 11.5 Å². The number of thioether (sulfide) groups is 1. The highest BCUT2D eigenvalue weighted by Gasteiger charge is 2.18. The second-order valence-electron chi connectivity index (χ2n) is 6.57. The van der Waals surface area contributed by atoms with Crippen LogP contribution in [0.2, 0.25) is 0 Å². The molecule has 0 aliphatic rings. The molecule has 3 aromatic rings. The van der Waals surface area contributed by atoms with Gasteiger partial charge in [-0.25, -0.2) is 0 Å². The minimum atomic E-state index is -0.184. The molecule has 0 aliphatic heterocycles. The molecule has 0 aromatic heterocycles. The first-order chi connectivity index (χ1) is 14.1. The Kier molecular flexibility index (Phi) is 7.19. The molecule has 3 rings (SSSR count). The topological polar surface area (TPSA) is 47.6 Å². The lowest BCUT2D eigenvalue weighted by molar-refractivity contribution is -0.119. The van der Waals surface area contributed by atoms with Crippen molar-refractivity contribution in [2.45, 2.75) is 17.9 Å². The number of aryl methyl sites for hydroxylation is 1. The molecule has 0 saturated carbocycles. The predicted molar refractivity (Wildman–Crippen MR) is 118 cm³/mol. The minimum absolute atomic E-state index is 0.0260. The maximum Gasteiger partial charge on any atom is 0.231 e. The van der Waals surface area contributed by atoms with E-state index in [1.165, 1.54) is 11.8 Å². The predicted octanol–water partition coefficient (Wildman–Crippen LogP) is 5.01. The van der Waals surface area contributed by atoms with Crippen molar-refractivity contribution < 1.29 is 14.3 Å². The van der Waals surface area contributed by atoms with Gasteiger partial charge in [-0.2, -0.15) is 0 Å². The molecule has 3 aromatic carbocycles. The van der Waals surface area contributed by atoms with Crippen LogP contribution < -0.4 is 14.8 Å². The zero-order valence-corrected chi connectivity index (χ0v) is 17.7. The summed E-state index contributed by atoms with van der Waals surface area (Å²) in [5, 5.41) is 3.20. The second-order valence-corrected chi connectivity index (χ2v) is 7.62. The molecule has 4 nitrogen and oxygen atoms in total. The Bertz CT molecular complexity index is 959. The Balaban J connectivity index is 1.73. The number of rotatable bonds is 8. The molecule has 0 spiro atoms. The van der Waals surface area contributed by atoms with E-state index in [0.29, 0.717) is 17.3 Å². The van der Waals surface area contributed by atoms with Gasteiger partial charge in [-0.1, -0.05) is 54.6 Å². The summed E-state index contributed by atoms with van der Waals surface area (Å²) in [7, 11) is 3.21. The van der Waals surface area contributed by atoms with E-state index in [9.17, 15) is 4.79 Å². The van der Waals surface area contributed by atoms with Gasteiger partial charge in [0.15, 0.2) is 11.5 Å². The Morgan fingerprint density at radius 1 is 0.931 bits per heavy atom. The first-order valence-electron chi connectivity index (χ1n) is 9.37. The highest BCUT2D eigenvalue weighted by molar-refractivity contribution is 8.00. The van der Waals surface area contributed by atoms with Gasteiger partial charge >= 0.3 is 0 Å². The van der Waals surface area contributed by atoms with E-state index in [-0.39, 0.29) is 11.9 Å². The molecule has 0 unspecified atom stereocenters. The van der Waals surface area contributed by atoms with Crippen molar-refractivity contribution in [1.82, 2.24) is 5.32 Å². The average Bonchev–Trinajstić information content (AvgIpc) is 2.77. The number of ether oxygens (including phenoxy) is 2. The number of hydrogen-bond acceptors (Lipinski definition) is 4. The van der Waals surface area contributed by atoms with Gasteiger partial charge in [0.1, 0.15) is 0 Å². The van der Waals surface area contributed by atoms with Gasteiger partial charge < -0.3 is 14.8 Å². The summed E-state index contributed by atoms with van der Waals surface area (Å²) < 4.78 is 10.6. The van der Waals surface area contributed by atoms with E-state index in [2.05, 4.69) is 24.4 Å². The van der Waals surface area contributed by atoms with E-state index < -0.39 is 0 Å². The molecule has 29 heavy (non-hydrogen) atoms. The lowest BCUT2D eigenvalue weighted by Crippen LogP contribution is -2.31. The van der Waals surface area contributed by atoms with Gasteiger partial charge in [0.2, 0.25) is 5.91 Å². The number of nitrogens with one attached hydrogen (secondary N) is 1. The Morgan fingerprint density at radius 2 is 1.62 bits per heavy atom. The zero-order chi connectivity index (χ0) is 20.6. The molecule has 1 N–H and O–H groups in total. The first-order valence-corrected chi connectivity index (χ1v) is 10.4. The molecule has 1 amide bonds.